The van der Waals surface area contributed by atoms with Gasteiger partial charge >= 0.3 is 0 Å². The first-order valence-electron chi connectivity index (χ1n) is 9.84. The molecule has 0 spiro atoms. The molecule has 3 rings (SSSR count). The largest absolute Gasteiger partial charge is 0.0620 e. The first kappa shape index (κ1) is 18.9. The van der Waals surface area contributed by atoms with Crippen LogP contribution in [0.1, 0.15) is 52.8 Å². The fourth-order valence-electron chi connectivity index (χ4n) is 3.39. The van der Waals surface area contributed by atoms with E-state index in [1.165, 1.54) is 38.9 Å². The minimum atomic E-state index is 1.06. The van der Waals surface area contributed by atoms with Crippen molar-refractivity contribution in [1.82, 2.24) is 0 Å². The van der Waals surface area contributed by atoms with Gasteiger partial charge in [-0.3, -0.25) is 0 Å². The molecular formula is C27H28. The Bertz CT molecular complexity index is 957. The Kier molecular flexibility index (Phi) is 6.44. The van der Waals surface area contributed by atoms with Crippen molar-refractivity contribution in [3.05, 3.63) is 106 Å². The van der Waals surface area contributed by atoms with Crippen LogP contribution in [0.5, 0.6) is 0 Å². The zero-order chi connectivity index (χ0) is 19.1. The average molecular weight is 353 g/mol. The first-order chi connectivity index (χ1) is 13.2. The van der Waals surface area contributed by atoms with Gasteiger partial charge in [0.1, 0.15) is 0 Å². The Labute approximate surface area is 163 Å². The van der Waals surface area contributed by atoms with Gasteiger partial charge in [0.2, 0.25) is 0 Å². The molecule has 0 aliphatic heterocycles. The standard InChI is InChI=1S/C27H28/c1-4-23-10-6-8-12-26(23)17-15-22-14-16-25(21(3)20-22)18-19-27-13-9-7-11-24(27)5-2/h6-20H,4-5H2,1-3H3/b17-15+,19-18+. The third-order valence-electron chi connectivity index (χ3n) is 5.06. The first-order valence-corrected chi connectivity index (χ1v) is 9.84. The number of benzene rings is 3. The SMILES string of the molecule is CCc1ccccc1/C=C/c1ccc(/C=C/c2ccccc2CC)c(C)c1. The lowest BCUT2D eigenvalue weighted by atomic mass is 10.00. The summed E-state index contributed by atoms with van der Waals surface area (Å²) in [7, 11) is 0. The molecule has 0 radical (unpaired) electrons. The van der Waals surface area contributed by atoms with Crippen molar-refractivity contribution in [2.75, 3.05) is 0 Å². The summed E-state index contributed by atoms with van der Waals surface area (Å²) in [6, 6.07) is 23.9. The van der Waals surface area contributed by atoms with Gasteiger partial charge in [0.05, 0.1) is 0 Å². The molecule has 0 nitrogen and oxygen atoms in total. The monoisotopic (exact) mass is 352 g/mol. The molecule has 0 atom stereocenters. The van der Waals surface area contributed by atoms with Gasteiger partial charge in [0, 0.05) is 0 Å². The average Bonchev–Trinajstić information content (AvgIpc) is 2.72. The summed E-state index contributed by atoms with van der Waals surface area (Å²) in [5, 5.41) is 0. The second kappa shape index (κ2) is 9.19. The number of hydrogen-bond donors (Lipinski definition) is 0. The lowest BCUT2D eigenvalue weighted by Gasteiger charge is -2.05. The van der Waals surface area contributed by atoms with Crippen LogP contribution in [0.3, 0.4) is 0 Å². The molecule has 0 heteroatoms. The minimum Gasteiger partial charge on any atom is -0.0620 e. The van der Waals surface area contributed by atoms with Crippen molar-refractivity contribution in [2.45, 2.75) is 33.6 Å². The van der Waals surface area contributed by atoms with Crippen molar-refractivity contribution in [1.29, 1.82) is 0 Å². The fourth-order valence-corrected chi connectivity index (χ4v) is 3.39. The highest BCUT2D eigenvalue weighted by Crippen LogP contribution is 2.19. The number of rotatable bonds is 6. The molecule has 0 N–H and O–H groups in total. The highest BCUT2D eigenvalue weighted by molar-refractivity contribution is 5.75. The fraction of sp³-hybridized carbons (Fsp3) is 0.185. The Balaban J connectivity index is 1.79. The quantitative estimate of drug-likeness (QED) is 0.404. The molecule has 0 aromatic heterocycles. The van der Waals surface area contributed by atoms with E-state index in [4.69, 9.17) is 0 Å². The van der Waals surface area contributed by atoms with Gasteiger partial charge in [-0.1, -0.05) is 105 Å². The Morgan fingerprint density at radius 3 is 1.67 bits per heavy atom. The third kappa shape index (κ3) is 4.86. The molecule has 0 bridgehead atoms. The molecule has 136 valence electrons. The molecule has 0 aliphatic carbocycles. The van der Waals surface area contributed by atoms with Crippen molar-refractivity contribution in [3.8, 4) is 0 Å². The molecule has 3 aromatic rings. The maximum absolute atomic E-state index is 2.26. The molecule has 0 heterocycles. The van der Waals surface area contributed by atoms with Crippen molar-refractivity contribution >= 4 is 24.3 Å². The van der Waals surface area contributed by atoms with E-state index < -0.39 is 0 Å². The molecule has 0 fully saturated rings. The van der Waals surface area contributed by atoms with Crippen LogP contribution >= 0.6 is 0 Å². The van der Waals surface area contributed by atoms with Gasteiger partial charge in [-0.2, -0.15) is 0 Å². The number of aryl methyl sites for hydroxylation is 3. The molecule has 27 heavy (non-hydrogen) atoms. The van der Waals surface area contributed by atoms with Crippen LogP contribution in [-0.2, 0) is 12.8 Å². The zero-order valence-corrected chi connectivity index (χ0v) is 16.6. The van der Waals surface area contributed by atoms with E-state index in [9.17, 15) is 0 Å². The van der Waals surface area contributed by atoms with E-state index in [-0.39, 0.29) is 0 Å². The highest BCUT2D eigenvalue weighted by atomic mass is 14.0. The van der Waals surface area contributed by atoms with E-state index in [1.54, 1.807) is 0 Å². The second-order valence-corrected chi connectivity index (χ2v) is 6.89. The summed E-state index contributed by atoms with van der Waals surface area (Å²) in [6.07, 6.45) is 11.0. The molecular weight excluding hydrogens is 324 g/mol. The Morgan fingerprint density at radius 1 is 0.593 bits per heavy atom. The van der Waals surface area contributed by atoms with Gasteiger partial charge in [0.25, 0.3) is 0 Å². The summed E-state index contributed by atoms with van der Waals surface area (Å²) in [5.41, 5.74) is 9.19. The van der Waals surface area contributed by atoms with E-state index in [2.05, 4.69) is 112 Å². The van der Waals surface area contributed by atoms with Gasteiger partial charge in [0.15, 0.2) is 0 Å². The van der Waals surface area contributed by atoms with Gasteiger partial charge < -0.3 is 0 Å². The summed E-state index contributed by atoms with van der Waals surface area (Å²) in [5.74, 6) is 0. The van der Waals surface area contributed by atoms with E-state index in [0.717, 1.165) is 12.8 Å². The predicted molar refractivity (Wildman–Crippen MR) is 121 cm³/mol. The normalized spacial score (nSPS) is 11.5. The van der Waals surface area contributed by atoms with Crippen molar-refractivity contribution in [3.63, 3.8) is 0 Å². The molecule has 3 aromatic carbocycles. The second-order valence-electron chi connectivity index (χ2n) is 6.89. The van der Waals surface area contributed by atoms with Gasteiger partial charge in [-0.25, -0.2) is 0 Å². The summed E-state index contributed by atoms with van der Waals surface area (Å²) in [4.78, 5) is 0. The Morgan fingerprint density at radius 2 is 1.11 bits per heavy atom. The molecule has 0 saturated heterocycles. The third-order valence-corrected chi connectivity index (χ3v) is 5.06. The summed E-state index contributed by atoms with van der Waals surface area (Å²) in [6.45, 7) is 6.59. The lowest BCUT2D eigenvalue weighted by Crippen LogP contribution is -1.86. The maximum Gasteiger partial charge on any atom is -0.0224 e. The minimum absolute atomic E-state index is 1.06. The highest BCUT2D eigenvalue weighted by Gasteiger charge is 1.99. The summed E-state index contributed by atoms with van der Waals surface area (Å²) >= 11 is 0. The maximum atomic E-state index is 2.26. The van der Waals surface area contributed by atoms with Crippen molar-refractivity contribution in [2.24, 2.45) is 0 Å². The van der Waals surface area contributed by atoms with Crippen molar-refractivity contribution < 1.29 is 0 Å². The zero-order valence-electron chi connectivity index (χ0n) is 16.6. The van der Waals surface area contributed by atoms with Crippen LogP contribution in [0.4, 0.5) is 0 Å². The molecule has 0 amide bonds. The van der Waals surface area contributed by atoms with E-state index in [0.29, 0.717) is 0 Å². The van der Waals surface area contributed by atoms with Crippen LogP contribution in [0, 0.1) is 6.92 Å². The van der Waals surface area contributed by atoms with Gasteiger partial charge in [-0.15, -0.1) is 0 Å². The van der Waals surface area contributed by atoms with Crippen LogP contribution < -0.4 is 0 Å². The lowest BCUT2D eigenvalue weighted by molar-refractivity contribution is 1.13. The number of hydrogen-bond acceptors (Lipinski definition) is 0. The van der Waals surface area contributed by atoms with Crippen LogP contribution in [0.15, 0.2) is 66.7 Å². The molecule has 0 unspecified atom stereocenters. The van der Waals surface area contributed by atoms with E-state index >= 15 is 0 Å². The van der Waals surface area contributed by atoms with Crippen LogP contribution in [0.25, 0.3) is 24.3 Å². The smallest absolute Gasteiger partial charge is 0.0224 e. The molecule has 0 aliphatic rings. The predicted octanol–water partition coefficient (Wildman–Crippen LogP) is 7.46. The van der Waals surface area contributed by atoms with Gasteiger partial charge in [-0.05, 0) is 58.7 Å². The van der Waals surface area contributed by atoms with Crippen LogP contribution in [-0.4, -0.2) is 0 Å². The topological polar surface area (TPSA) is 0 Å². The Hall–Kier alpha value is -2.86. The van der Waals surface area contributed by atoms with E-state index in [1.807, 2.05) is 0 Å². The van der Waals surface area contributed by atoms with Crippen LogP contribution in [0.2, 0.25) is 0 Å². The molecule has 0 saturated carbocycles. The summed E-state index contributed by atoms with van der Waals surface area (Å²) < 4.78 is 0.